The lowest BCUT2D eigenvalue weighted by molar-refractivity contribution is -0.117. The maximum Gasteiger partial charge on any atom is 0.407 e. The fourth-order valence-corrected chi connectivity index (χ4v) is 1.06. The van der Waals surface area contributed by atoms with Gasteiger partial charge in [0.1, 0.15) is 11.4 Å². The number of Topliss-reactive ketones (excluding diaryl/α,β-unsaturated/α-hetero) is 1. The molecule has 0 spiro atoms. The Morgan fingerprint density at radius 1 is 1.38 bits per heavy atom. The number of ketones is 1. The second kappa shape index (κ2) is 6.48. The van der Waals surface area contributed by atoms with E-state index in [1.165, 1.54) is 6.92 Å². The molecule has 5 heteroatoms. The van der Waals surface area contributed by atoms with Gasteiger partial charge < -0.3 is 20.0 Å². The number of carbonyl (C=O) groups is 2. The number of hydrogen-bond acceptors (Lipinski definition) is 4. The van der Waals surface area contributed by atoms with Gasteiger partial charge in [0.15, 0.2) is 0 Å². The molecule has 0 heterocycles. The summed E-state index contributed by atoms with van der Waals surface area (Å²) in [5, 5.41) is 11.5. The molecular formula is C11H21NO4. The van der Waals surface area contributed by atoms with Crippen LogP contribution in [0.4, 0.5) is 4.79 Å². The van der Waals surface area contributed by atoms with Crippen molar-refractivity contribution in [3.8, 4) is 0 Å². The first-order valence-corrected chi connectivity index (χ1v) is 5.34. The number of hydrogen-bond donors (Lipinski definition) is 2. The molecule has 1 amide bonds. The highest BCUT2D eigenvalue weighted by Gasteiger charge is 2.19. The molecule has 0 aromatic carbocycles. The van der Waals surface area contributed by atoms with Crippen molar-refractivity contribution in [3.63, 3.8) is 0 Å². The molecule has 0 aliphatic heterocycles. The molecule has 1 atom stereocenters. The van der Waals surface area contributed by atoms with E-state index in [0.29, 0.717) is 12.8 Å². The summed E-state index contributed by atoms with van der Waals surface area (Å²) in [5.41, 5.74) is -0.565. The van der Waals surface area contributed by atoms with Crippen LogP contribution >= 0.6 is 0 Å². The number of ether oxygens (including phenoxy) is 1. The van der Waals surface area contributed by atoms with E-state index in [9.17, 15) is 9.59 Å². The first-order chi connectivity index (χ1) is 7.24. The minimum atomic E-state index is -0.574. The molecule has 2 N–H and O–H groups in total. The predicted octanol–water partition coefficient (Wildman–Crippen LogP) is 1.24. The van der Waals surface area contributed by atoms with Crippen molar-refractivity contribution in [2.24, 2.45) is 0 Å². The molecule has 0 aliphatic carbocycles. The topological polar surface area (TPSA) is 75.6 Å². The van der Waals surface area contributed by atoms with Gasteiger partial charge in [-0.3, -0.25) is 0 Å². The van der Waals surface area contributed by atoms with Crippen molar-refractivity contribution >= 4 is 11.9 Å². The third kappa shape index (κ3) is 8.23. The van der Waals surface area contributed by atoms with E-state index in [-0.39, 0.29) is 12.4 Å². The van der Waals surface area contributed by atoms with E-state index >= 15 is 0 Å². The Bertz CT molecular complexity index is 245. The SMILES string of the molecule is CC(=O)CC[C@@H](CO)NC(=O)OC(C)(C)C. The molecule has 0 saturated carbocycles. The smallest absolute Gasteiger partial charge is 0.407 e. The summed E-state index contributed by atoms with van der Waals surface area (Å²) in [6, 6.07) is -0.432. The van der Waals surface area contributed by atoms with Crippen LogP contribution in [-0.4, -0.2) is 35.2 Å². The van der Waals surface area contributed by atoms with Crippen LogP contribution in [0.1, 0.15) is 40.5 Å². The Kier molecular flexibility index (Phi) is 6.03. The van der Waals surface area contributed by atoms with Gasteiger partial charge in [-0.05, 0) is 34.1 Å². The third-order valence-corrected chi connectivity index (χ3v) is 1.79. The van der Waals surface area contributed by atoms with Crippen LogP contribution in [0, 0.1) is 0 Å². The third-order valence-electron chi connectivity index (χ3n) is 1.79. The van der Waals surface area contributed by atoms with Gasteiger partial charge >= 0.3 is 6.09 Å². The van der Waals surface area contributed by atoms with Gasteiger partial charge in [-0.15, -0.1) is 0 Å². The summed E-state index contributed by atoms with van der Waals surface area (Å²) in [6.45, 7) is 6.55. The summed E-state index contributed by atoms with van der Waals surface area (Å²) in [5.74, 6) is 0.0319. The van der Waals surface area contributed by atoms with E-state index < -0.39 is 17.7 Å². The van der Waals surface area contributed by atoms with Gasteiger partial charge in [0.2, 0.25) is 0 Å². The van der Waals surface area contributed by atoms with Crippen LogP contribution in [0.5, 0.6) is 0 Å². The minimum absolute atomic E-state index is 0.0319. The molecule has 0 radical (unpaired) electrons. The second-order valence-electron chi connectivity index (χ2n) is 4.77. The maximum absolute atomic E-state index is 11.3. The molecule has 16 heavy (non-hydrogen) atoms. The molecule has 0 aromatic heterocycles. The Balaban J connectivity index is 4.02. The minimum Gasteiger partial charge on any atom is -0.444 e. The normalized spacial score (nSPS) is 13.1. The number of aliphatic hydroxyl groups excluding tert-OH is 1. The van der Waals surface area contributed by atoms with Gasteiger partial charge in [0.05, 0.1) is 12.6 Å². The summed E-state index contributed by atoms with van der Waals surface area (Å²) in [7, 11) is 0. The zero-order chi connectivity index (χ0) is 12.8. The number of carbonyl (C=O) groups excluding carboxylic acids is 2. The van der Waals surface area contributed by atoms with Crippen LogP contribution in [0.15, 0.2) is 0 Å². The molecule has 0 bridgehead atoms. The standard InChI is InChI=1S/C11H21NO4/c1-8(14)5-6-9(7-13)12-10(15)16-11(2,3)4/h9,13H,5-7H2,1-4H3,(H,12,15)/t9-/m0/s1. The number of amides is 1. The van der Waals surface area contributed by atoms with Crippen molar-refractivity contribution in [1.29, 1.82) is 0 Å². The molecule has 0 fully saturated rings. The summed E-state index contributed by atoms with van der Waals surface area (Å²) in [4.78, 5) is 22.1. The zero-order valence-electron chi connectivity index (χ0n) is 10.4. The highest BCUT2D eigenvalue weighted by atomic mass is 16.6. The fraction of sp³-hybridized carbons (Fsp3) is 0.818. The number of rotatable bonds is 5. The number of alkyl carbamates (subject to hydrolysis) is 1. The average Bonchev–Trinajstić information content (AvgIpc) is 2.08. The molecule has 0 aromatic rings. The molecule has 5 nitrogen and oxygen atoms in total. The van der Waals surface area contributed by atoms with Crippen LogP contribution in [0.3, 0.4) is 0 Å². The Hall–Kier alpha value is -1.10. The number of aliphatic hydroxyl groups is 1. The lowest BCUT2D eigenvalue weighted by Gasteiger charge is -2.22. The van der Waals surface area contributed by atoms with Crippen molar-refractivity contribution in [2.45, 2.75) is 52.2 Å². The van der Waals surface area contributed by atoms with Crippen molar-refractivity contribution < 1.29 is 19.4 Å². The van der Waals surface area contributed by atoms with Crippen molar-refractivity contribution in [3.05, 3.63) is 0 Å². The van der Waals surface area contributed by atoms with E-state index in [0.717, 1.165) is 0 Å². The van der Waals surface area contributed by atoms with Crippen LogP contribution < -0.4 is 5.32 Å². The first-order valence-electron chi connectivity index (χ1n) is 5.34. The molecule has 94 valence electrons. The van der Waals surface area contributed by atoms with Crippen LogP contribution in [-0.2, 0) is 9.53 Å². The monoisotopic (exact) mass is 231 g/mol. The Morgan fingerprint density at radius 3 is 2.31 bits per heavy atom. The van der Waals surface area contributed by atoms with Crippen LogP contribution in [0.2, 0.25) is 0 Å². The molecular weight excluding hydrogens is 210 g/mol. The quantitative estimate of drug-likeness (QED) is 0.746. The Labute approximate surface area is 96.2 Å². The van der Waals surface area contributed by atoms with E-state index in [1.54, 1.807) is 20.8 Å². The molecule has 0 saturated heterocycles. The van der Waals surface area contributed by atoms with E-state index in [2.05, 4.69) is 5.32 Å². The van der Waals surface area contributed by atoms with Crippen molar-refractivity contribution in [2.75, 3.05) is 6.61 Å². The summed E-state index contributed by atoms with van der Waals surface area (Å²) in [6.07, 6.45) is 0.182. The molecule has 0 unspecified atom stereocenters. The highest BCUT2D eigenvalue weighted by Crippen LogP contribution is 2.07. The summed E-state index contributed by atoms with van der Waals surface area (Å²) >= 11 is 0. The van der Waals surface area contributed by atoms with Gasteiger partial charge in [-0.2, -0.15) is 0 Å². The first kappa shape index (κ1) is 14.9. The van der Waals surface area contributed by atoms with E-state index in [4.69, 9.17) is 9.84 Å². The van der Waals surface area contributed by atoms with Gasteiger partial charge in [-0.1, -0.05) is 0 Å². The molecule has 0 rings (SSSR count). The lowest BCUT2D eigenvalue weighted by atomic mass is 10.1. The second-order valence-corrected chi connectivity index (χ2v) is 4.77. The summed E-state index contributed by atoms with van der Waals surface area (Å²) < 4.78 is 5.03. The largest absolute Gasteiger partial charge is 0.444 e. The van der Waals surface area contributed by atoms with Gasteiger partial charge in [0.25, 0.3) is 0 Å². The highest BCUT2D eigenvalue weighted by molar-refractivity contribution is 5.75. The Morgan fingerprint density at radius 2 is 1.94 bits per heavy atom. The van der Waals surface area contributed by atoms with Gasteiger partial charge in [-0.25, -0.2) is 4.79 Å². The number of nitrogens with one attached hydrogen (secondary N) is 1. The predicted molar refractivity (Wildman–Crippen MR) is 60.2 cm³/mol. The fourth-order valence-electron chi connectivity index (χ4n) is 1.06. The lowest BCUT2D eigenvalue weighted by Crippen LogP contribution is -2.41. The molecule has 0 aliphatic rings. The average molecular weight is 231 g/mol. The van der Waals surface area contributed by atoms with Crippen LogP contribution in [0.25, 0.3) is 0 Å². The van der Waals surface area contributed by atoms with E-state index in [1.807, 2.05) is 0 Å². The maximum atomic E-state index is 11.3. The van der Waals surface area contributed by atoms with Crippen molar-refractivity contribution in [1.82, 2.24) is 5.32 Å². The zero-order valence-corrected chi connectivity index (χ0v) is 10.4. The van der Waals surface area contributed by atoms with Gasteiger partial charge in [0, 0.05) is 6.42 Å².